The summed E-state index contributed by atoms with van der Waals surface area (Å²) < 4.78 is 0. The molecule has 0 aromatic carbocycles. The third-order valence-corrected chi connectivity index (χ3v) is 4.17. The first-order valence-corrected chi connectivity index (χ1v) is 7.23. The molecular formula is C14H24N4O2. The van der Waals surface area contributed by atoms with Gasteiger partial charge in [-0.1, -0.05) is 13.8 Å². The van der Waals surface area contributed by atoms with E-state index in [1.54, 1.807) is 0 Å². The molecule has 0 radical (unpaired) electrons. The molecule has 6 nitrogen and oxygen atoms in total. The first-order valence-electron chi connectivity index (χ1n) is 7.23. The molecular weight excluding hydrogens is 256 g/mol. The molecule has 2 rings (SSSR count). The first kappa shape index (κ1) is 15.1. The molecule has 0 spiro atoms. The highest BCUT2D eigenvalue weighted by Gasteiger charge is 2.41. The summed E-state index contributed by atoms with van der Waals surface area (Å²) in [5.41, 5.74) is -0.435. The fourth-order valence-electron chi connectivity index (χ4n) is 2.77. The third kappa shape index (κ3) is 2.76. The topological polar surface area (TPSA) is 73.8 Å². The van der Waals surface area contributed by atoms with Crippen LogP contribution in [-0.2, 0) is 9.59 Å². The third-order valence-electron chi connectivity index (χ3n) is 4.17. The van der Waals surface area contributed by atoms with E-state index in [2.05, 4.69) is 20.5 Å². The van der Waals surface area contributed by atoms with E-state index < -0.39 is 11.5 Å². The van der Waals surface area contributed by atoms with Crippen molar-refractivity contribution in [3.05, 3.63) is 0 Å². The van der Waals surface area contributed by atoms with Gasteiger partial charge in [-0.05, 0) is 19.8 Å². The van der Waals surface area contributed by atoms with Crippen LogP contribution in [0.3, 0.4) is 0 Å². The summed E-state index contributed by atoms with van der Waals surface area (Å²) in [5, 5.41) is 6.14. The molecule has 6 heteroatoms. The van der Waals surface area contributed by atoms with E-state index in [1.807, 2.05) is 27.7 Å². The summed E-state index contributed by atoms with van der Waals surface area (Å²) in [5.74, 6) is -0.751. The molecule has 0 bridgehead atoms. The smallest absolute Gasteiger partial charge is 0.260 e. The Morgan fingerprint density at radius 1 is 1.25 bits per heavy atom. The number of aliphatic imine (C=N–C) groups is 1. The van der Waals surface area contributed by atoms with Gasteiger partial charge in [0.15, 0.2) is 0 Å². The molecule has 0 aliphatic carbocycles. The van der Waals surface area contributed by atoms with Crippen molar-refractivity contribution in [1.29, 1.82) is 0 Å². The Morgan fingerprint density at radius 2 is 1.85 bits per heavy atom. The van der Waals surface area contributed by atoms with Gasteiger partial charge in [-0.3, -0.25) is 14.5 Å². The van der Waals surface area contributed by atoms with Crippen LogP contribution in [0.2, 0.25) is 0 Å². The number of piperazine rings is 1. The quantitative estimate of drug-likeness (QED) is 0.714. The minimum absolute atomic E-state index is 0.0323. The van der Waals surface area contributed by atoms with E-state index in [-0.39, 0.29) is 17.7 Å². The standard InChI is InChI=1S/C14H24N4O2/c1-9(2)10-11(19)16-13(17-12(10)20)14(3,4)18-7-5-15-6-8-18/h9-10,15H,5-8H2,1-4H3,(H,16,17,19,20). The van der Waals surface area contributed by atoms with Crippen molar-refractivity contribution >= 4 is 17.6 Å². The average Bonchev–Trinajstić information content (AvgIpc) is 2.38. The molecule has 2 heterocycles. The molecule has 112 valence electrons. The van der Waals surface area contributed by atoms with Gasteiger partial charge in [0.1, 0.15) is 11.8 Å². The Labute approximate surface area is 120 Å². The van der Waals surface area contributed by atoms with Gasteiger partial charge in [0.05, 0.1) is 5.54 Å². The van der Waals surface area contributed by atoms with E-state index in [0.29, 0.717) is 5.84 Å². The molecule has 2 amide bonds. The van der Waals surface area contributed by atoms with Crippen molar-refractivity contribution in [3.8, 4) is 0 Å². The van der Waals surface area contributed by atoms with Crippen molar-refractivity contribution in [1.82, 2.24) is 15.5 Å². The number of hydrogen-bond donors (Lipinski definition) is 2. The molecule has 1 fully saturated rings. The highest BCUT2D eigenvalue weighted by atomic mass is 16.2. The minimum atomic E-state index is -0.655. The zero-order valence-corrected chi connectivity index (χ0v) is 12.7. The fourth-order valence-corrected chi connectivity index (χ4v) is 2.77. The predicted molar refractivity (Wildman–Crippen MR) is 77.4 cm³/mol. The minimum Gasteiger partial charge on any atom is -0.314 e. The maximum absolute atomic E-state index is 12.1. The summed E-state index contributed by atoms with van der Waals surface area (Å²) in [6.45, 7) is 11.3. The molecule has 20 heavy (non-hydrogen) atoms. The van der Waals surface area contributed by atoms with E-state index in [1.165, 1.54) is 0 Å². The van der Waals surface area contributed by atoms with Crippen LogP contribution in [0.1, 0.15) is 27.7 Å². The molecule has 0 aromatic heterocycles. The van der Waals surface area contributed by atoms with E-state index in [0.717, 1.165) is 26.2 Å². The van der Waals surface area contributed by atoms with Crippen LogP contribution in [-0.4, -0.2) is 54.3 Å². The number of nitrogens with one attached hydrogen (secondary N) is 2. The number of carbonyl (C=O) groups excluding carboxylic acids is 2. The Bertz CT molecular complexity index is 436. The van der Waals surface area contributed by atoms with Gasteiger partial charge in [-0.2, -0.15) is 4.99 Å². The second kappa shape index (κ2) is 5.61. The fraction of sp³-hybridized carbons (Fsp3) is 0.786. The normalized spacial score (nSPS) is 25.6. The number of rotatable bonds is 3. The highest BCUT2D eigenvalue weighted by molar-refractivity contribution is 6.18. The van der Waals surface area contributed by atoms with Crippen LogP contribution in [0, 0.1) is 11.8 Å². The maximum Gasteiger partial charge on any atom is 0.260 e. The lowest BCUT2D eigenvalue weighted by Gasteiger charge is -2.42. The second-order valence-corrected chi connectivity index (χ2v) is 6.31. The lowest BCUT2D eigenvalue weighted by atomic mass is 9.90. The number of amidine groups is 1. The Morgan fingerprint density at radius 3 is 2.35 bits per heavy atom. The first-order chi connectivity index (χ1) is 9.34. The average molecular weight is 280 g/mol. The Balaban J connectivity index is 2.22. The summed E-state index contributed by atoms with van der Waals surface area (Å²) in [6, 6.07) is 0. The van der Waals surface area contributed by atoms with Crippen LogP contribution in [0.4, 0.5) is 0 Å². The lowest BCUT2D eigenvalue weighted by Crippen LogP contribution is -2.63. The molecule has 2 N–H and O–H groups in total. The summed E-state index contributed by atoms with van der Waals surface area (Å²) in [6.07, 6.45) is 0. The van der Waals surface area contributed by atoms with Crippen molar-refractivity contribution in [2.45, 2.75) is 33.2 Å². The van der Waals surface area contributed by atoms with Gasteiger partial charge in [0.25, 0.3) is 5.91 Å². The van der Waals surface area contributed by atoms with Crippen molar-refractivity contribution < 1.29 is 9.59 Å². The van der Waals surface area contributed by atoms with Gasteiger partial charge in [0.2, 0.25) is 5.91 Å². The molecule has 2 aliphatic heterocycles. The number of amides is 2. The maximum atomic E-state index is 12.1. The molecule has 0 aromatic rings. The second-order valence-electron chi connectivity index (χ2n) is 6.31. The zero-order valence-electron chi connectivity index (χ0n) is 12.7. The van der Waals surface area contributed by atoms with E-state index >= 15 is 0 Å². The van der Waals surface area contributed by atoms with Crippen molar-refractivity contribution in [3.63, 3.8) is 0 Å². The highest BCUT2D eigenvalue weighted by Crippen LogP contribution is 2.22. The van der Waals surface area contributed by atoms with Gasteiger partial charge in [-0.15, -0.1) is 0 Å². The van der Waals surface area contributed by atoms with Crippen LogP contribution in [0.15, 0.2) is 4.99 Å². The van der Waals surface area contributed by atoms with Gasteiger partial charge >= 0.3 is 0 Å². The Kier molecular flexibility index (Phi) is 4.25. The summed E-state index contributed by atoms with van der Waals surface area (Å²) in [4.78, 5) is 30.7. The molecule has 1 unspecified atom stereocenters. The monoisotopic (exact) mass is 280 g/mol. The summed E-state index contributed by atoms with van der Waals surface area (Å²) in [7, 11) is 0. The van der Waals surface area contributed by atoms with Crippen LogP contribution >= 0.6 is 0 Å². The predicted octanol–water partition coefficient (Wildman–Crippen LogP) is -0.00270. The Hall–Kier alpha value is -1.27. The van der Waals surface area contributed by atoms with Gasteiger partial charge in [0, 0.05) is 26.2 Å². The SMILES string of the molecule is CC(C)C1C(=O)N=C(C(C)(C)N2CCNCC2)NC1=O. The molecule has 1 saturated heterocycles. The van der Waals surface area contributed by atoms with Crippen LogP contribution in [0.25, 0.3) is 0 Å². The van der Waals surface area contributed by atoms with Gasteiger partial charge < -0.3 is 10.6 Å². The van der Waals surface area contributed by atoms with E-state index in [9.17, 15) is 9.59 Å². The largest absolute Gasteiger partial charge is 0.314 e. The van der Waals surface area contributed by atoms with Crippen molar-refractivity contribution in [2.75, 3.05) is 26.2 Å². The zero-order chi connectivity index (χ0) is 14.9. The number of carbonyl (C=O) groups is 2. The molecule has 2 aliphatic rings. The van der Waals surface area contributed by atoms with Crippen molar-refractivity contribution in [2.24, 2.45) is 16.8 Å². The number of nitrogens with zero attached hydrogens (tertiary/aromatic N) is 2. The van der Waals surface area contributed by atoms with Crippen LogP contribution in [0.5, 0.6) is 0 Å². The number of hydrogen-bond acceptors (Lipinski definition) is 4. The van der Waals surface area contributed by atoms with Crippen LogP contribution < -0.4 is 10.6 Å². The van der Waals surface area contributed by atoms with E-state index in [4.69, 9.17) is 0 Å². The molecule has 1 atom stereocenters. The molecule has 0 saturated carbocycles. The van der Waals surface area contributed by atoms with Gasteiger partial charge in [-0.25, -0.2) is 0 Å². The summed E-state index contributed by atoms with van der Waals surface area (Å²) >= 11 is 0. The lowest BCUT2D eigenvalue weighted by molar-refractivity contribution is -0.135.